The van der Waals surface area contributed by atoms with Crippen molar-refractivity contribution in [3.63, 3.8) is 0 Å². The van der Waals surface area contributed by atoms with E-state index >= 15 is 0 Å². The third-order valence-electron chi connectivity index (χ3n) is 3.55. The van der Waals surface area contributed by atoms with Gasteiger partial charge in [0.05, 0.1) is 6.54 Å². The molecule has 0 saturated heterocycles. The third-order valence-corrected chi connectivity index (χ3v) is 3.55. The molecule has 0 spiro atoms. The standard InChI is InChI=1S/C18H26N2O4/c1-14(2)11-20(13-18(23)24)17(22)12-19(15(3)21)10-9-16-7-5-4-6-8-16/h4-8,14H,9-13H2,1-3H3,(H,23,24). The van der Waals surface area contributed by atoms with Gasteiger partial charge in [-0.2, -0.15) is 0 Å². The molecule has 0 aromatic heterocycles. The zero-order valence-electron chi connectivity index (χ0n) is 14.6. The van der Waals surface area contributed by atoms with Gasteiger partial charge in [-0.3, -0.25) is 14.4 Å². The number of carboxylic acids is 1. The first kappa shape index (κ1) is 19.7. The van der Waals surface area contributed by atoms with Gasteiger partial charge in [0.15, 0.2) is 0 Å². The van der Waals surface area contributed by atoms with Crippen LogP contribution in [0.4, 0.5) is 0 Å². The SMILES string of the molecule is CC(=O)N(CCc1ccccc1)CC(=O)N(CC(=O)O)CC(C)C. The maximum absolute atomic E-state index is 12.4. The molecule has 24 heavy (non-hydrogen) atoms. The first-order chi connectivity index (χ1) is 11.3. The Bertz CT molecular complexity index is 557. The third kappa shape index (κ3) is 7.26. The van der Waals surface area contributed by atoms with Crippen LogP contribution in [0, 0.1) is 5.92 Å². The Morgan fingerprint density at radius 1 is 1.04 bits per heavy atom. The molecular weight excluding hydrogens is 308 g/mol. The highest BCUT2D eigenvalue weighted by molar-refractivity contribution is 5.86. The van der Waals surface area contributed by atoms with E-state index in [4.69, 9.17) is 5.11 Å². The molecule has 1 aromatic carbocycles. The van der Waals surface area contributed by atoms with Gasteiger partial charge in [0.1, 0.15) is 6.54 Å². The van der Waals surface area contributed by atoms with Crippen LogP contribution in [-0.4, -0.2) is 58.9 Å². The van der Waals surface area contributed by atoms with Crippen molar-refractivity contribution >= 4 is 17.8 Å². The Labute approximate surface area is 143 Å². The molecule has 1 aromatic rings. The Kier molecular flexibility index (Phi) is 7.95. The molecule has 132 valence electrons. The largest absolute Gasteiger partial charge is 0.480 e. The smallest absolute Gasteiger partial charge is 0.323 e. The first-order valence-corrected chi connectivity index (χ1v) is 8.08. The van der Waals surface area contributed by atoms with Crippen LogP contribution < -0.4 is 0 Å². The fourth-order valence-electron chi connectivity index (χ4n) is 2.38. The van der Waals surface area contributed by atoms with Crippen molar-refractivity contribution < 1.29 is 19.5 Å². The molecule has 1 N–H and O–H groups in total. The summed E-state index contributed by atoms with van der Waals surface area (Å²) in [4.78, 5) is 37.9. The normalized spacial score (nSPS) is 10.5. The summed E-state index contributed by atoms with van der Waals surface area (Å²) in [7, 11) is 0. The Balaban J connectivity index is 2.68. The summed E-state index contributed by atoms with van der Waals surface area (Å²) >= 11 is 0. The van der Waals surface area contributed by atoms with E-state index in [1.165, 1.54) is 16.7 Å². The van der Waals surface area contributed by atoms with Crippen LogP contribution in [0.3, 0.4) is 0 Å². The van der Waals surface area contributed by atoms with Crippen molar-refractivity contribution in [3.8, 4) is 0 Å². The van der Waals surface area contributed by atoms with Crippen LogP contribution in [0.2, 0.25) is 0 Å². The van der Waals surface area contributed by atoms with E-state index in [-0.39, 0.29) is 30.8 Å². The molecule has 6 nitrogen and oxygen atoms in total. The van der Waals surface area contributed by atoms with Crippen molar-refractivity contribution in [3.05, 3.63) is 35.9 Å². The molecule has 0 radical (unpaired) electrons. The fourth-order valence-corrected chi connectivity index (χ4v) is 2.38. The van der Waals surface area contributed by atoms with Crippen LogP contribution in [0.25, 0.3) is 0 Å². The monoisotopic (exact) mass is 334 g/mol. The summed E-state index contributed by atoms with van der Waals surface area (Å²) in [6.07, 6.45) is 0.650. The Morgan fingerprint density at radius 3 is 2.17 bits per heavy atom. The molecule has 6 heteroatoms. The average molecular weight is 334 g/mol. The molecule has 0 fully saturated rings. The summed E-state index contributed by atoms with van der Waals surface area (Å²) in [5, 5.41) is 8.97. The number of hydrogen-bond donors (Lipinski definition) is 1. The minimum atomic E-state index is -1.05. The highest BCUT2D eigenvalue weighted by Gasteiger charge is 2.21. The molecule has 0 aliphatic rings. The Morgan fingerprint density at radius 2 is 1.67 bits per heavy atom. The van der Waals surface area contributed by atoms with E-state index in [1.807, 2.05) is 44.2 Å². The Hall–Kier alpha value is -2.37. The highest BCUT2D eigenvalue weighted by Crippen LogP contribution is 2.05. The number of carbonyl (C=O) groups excluding carboxylic acids is 2. The second kappa shape index (κ2) is 9.70. The number of carbonyl (C=O) groups is 3. The molecule has 0 bridgehead atoms. The van der Waals surface area contributed by atoms with Crippen LogP contribution in [-0.2, 0) is 20.8 Å². The van der Waals surface area contributed by atoms with Crippen molar-refractivity contribution in [2.75, 3.05) is 26.2 Å². The predicted octanol–water partition coefficient (Wildman–Crippen LogP) is 1.65. The topological polar surface area (TPSA) is 77.9 Å². The van der Waals surface area contributed by atoms with E-state index in [0.717, 1.165) is 5.56 Å². The second-order valence-corrected chi connectivity index (χ2v) is 6.24. The van der Waals surface area contributed by atoms with Crippen LogP contribution in [0.15, 0.2) is 30.3 Å². The zero-order valence-corrected chi connectivity index (χ0v) is 14.6. The maximum Gasteiger partial charge on any atom is 0.323 e. The van der Waals surface area contributed by atoms with Crippen molar-refractivity contribution in [1.29, 1.82) is 0 Å². The van der Waals surface area contributed by atoms with Gasteiger partial charge < -0.3 is 14.9 Å². The van der Waals surface area contributed by atoms with E-state index in [0.29, 0.717) is 19.5 Å². The van der Waals surface area contributed by atoms with Crippen molar-refractivity contribution in [2.24, 2.45) is 5.92 Å². The van der Waals surface area contributed by atoms with Gasteiger partial charge in [-0.25, -0.2) is 0 Å². The summed E-state index contributed by atoms with van der Waals surface area (Å²) in [6, 6.07) is 9.71. The van der Waals surface area contributed by atoms with Crippen molar-refractivity contribution in [1.82, 2.24) is 9.80 Å². The molecule has 0 aliphatic carbocycles. The summed E-state index contributed by atoms with van der Waals surface area (Å²) < 4.78 is 0. The van der Waals surface area contributed by atoms with Crippen LogP contribution in [0.1, 0.15) is 26.3 Å². The lowest BCUT2D eigenvalue weighted by Crippen LogP contribution is -2.45. The molecule has 0 unspecified atom stereocenters. The van der Waals surface area contributed by atoms with Gasteiger partial charge in [0.25, 0.3) is 0 Å². The van der Waals surface area contributed by atoms with Gasteiger partial charge in [0.2, 0.25) is 11.8 Å². The highest BCUT2D eigenvalue weighted by atomic mass is 16.4. The number of benzene rings is 1. The number of rotatable bonds is 9. The number of aliphatic carboxylic acids is 1. The van der Waals surface area contributed by atoms with Gasteiger partial charge in [-0.05, 0) is 17.9 Å². The van der Waals surface area contributed by atoms with Gasteiger partial charge in [-0.1, -0.05) is 44.2 Å². The van der Waals surface area contributed by atoms with E-state index < -0.39 is 5.97 Å². The number of hydrogen-bond acceptors (Lipinski definition) is 3. The quantitative estimate of drug-likeness (QED) is 0.745. The first-order valence-electron chi connectivity index (χ1n) is 8.08. The minimum Gasteiger partial charge on any atom is -0.480 e. The average Bonchev–Trinajstić information content (AvgIpc) is 2.50. The second-order valence-electron chi connectivity index (χ2n) is 6.24. The predicted molar refractivity (Wildman–Crippen MR) is 91.5 cm³/mol. The molecule has 1 rings (SSSR count). The van der Waals surface area contributed by atoms with Crippen LogP contribution in [0.5, 0.6) is 0 Å². The molecule has 2 amide bonds. The lowest BCUT2D eigenvalue weighted by atomic mass is 10.1. The minimum absolute atomic E-state index is 0.0951. The maximum atomic E-state index is 12.4. The molecule has 0 aliphatic heterocycles. The molecule has 0 saturated carbocycles. The van der Waals surface area contributed by atoms with E-state index in [2.05, 4.69) is 0 Å². The summed E-state index contributed by atoms with van der Waals surface area (Å²) in [5.41, 5.74) is 1.08. The molecule has 0 heterocycles. The zero-order chi connectivity index (χ0) is 18.1. The number of carboxylic acid groups (broad SMARTS) is 1. The summed E-state index contributed by atoms with van der Waals surface area (Å²) in [5.74, 6) is -1.43. The van der Waals surface area contributed by atoms with Crippen LogP contribution >= 0.6 is 0 Å². The molecular formula is C18H26N2O4. The number of nitrogens with zero attached hydrogens (tertiary/aromatic N) is 2. The van der Waals surface area contributed by atoms with E-state index in [1.54, 1.807) is 0 Å². The van der Waals surface area contributed by atoms with E-state index in [9.17, 15) is 14.4 Å². The van der Waals surface area contributed by atoms with Crippen molar-refractivity contribution in [2.45, 2.75) is 27.2 Å². The van der Waals surface area contributed by atoms with Gasteiger partial charge in [-0.15, -0.1) is 0 Å². The molecule has 0 atom stereocenters. The van der Waals surface area contributed by atoms with Gasteiger partial charge in [0, 0.05) is 20.0 Å². The number of amides is 2. The summed E-state index contributed by atoms with van der Waals surface area (Å²) in [6.45, 7) is 5.59. The lowest BCUT2D eigenvalue weighted by molar-refractivity contribution is -0.146. The van der Waals surface area contributed by atoms with Gasteiger partial charge >= 0.3 is 5.97 Å². The fraction of sp³-hybridized carbons (Fsp3) is 0.500. The lowest BCUT2D eigenvalue weighted by Gasteiger charge is -2.27.